The fraction of sp³-hybridized carbons (Fsp3) is 0.632. The van der Waals surface area contributed by atoms with Crippen molar-refractivity contribution in [3.63, 3.8) is 0 Å². The van der Waals surface area contributed by atoms with Gasteiger partial charge in [-0.25, -0.2) is 0 Å². The van der Waals surface area contributed by atoms with Gasteiger partial charge < -0.3 is 10.2 Å². The summed E-state index contributed by atoms with van der Waals surface area (Å²) in [6.07, 6.45) is 6.88. The zero-order valence-corrected chi connectivity index (χ0v) is 13.3. The maximum atomic E-state index is 13.2. The summed E-state index contributed by atoms with van der Waals surface area (Å²) in [7, 11) is 0. The number of benzene rings is 1. The first-order valence-electron chi connectivity index (χ1n) is 8.80. The van der Waals surface area contributed by atoms with E-state index in [0.717, 1.165) is 39.0 Å². The Morgan fingerprint density at radius 1 is 1.00 bits per heavy atom. The summed E-state index contributed by atoms with van der Waals surface area (Å²) in [5.41, 5.74) is 1.50. The van der Waals surface area contributed by atoms with Crippen molar-refractivity contribution in [2.24, 2.45) is 5.41 Å². The van der Waals surface area contributed by atoms with Crippen molar-refractivity contribution in [3.8, 4) is 0 Å². The van der Waals surface area contributed by atoms with Gasteiger partial charge in [-0.3, -0.25) is 4.79 Å². The van der Waals surface area contributed by atoms with Gasteiger partial charge in [-0.15, -0.1) is 0 Å². The molecule has 3 fully saturated rings. The van der Waals surface area contributed by atoms with Crippen LogP contribution in [-0.4, -0.2) is 37.0 Å². The third-order valence-corrected chi connectivity index (χ3v) is 6.39. The number of amides is 1. The molecule has 118 valence electrons. The molecule has 3 heteroatoms. The maximum Gasteiger partial charge on any atom is 0.233 e. The van der Waals surface area contributed by atoms with E-state index in [2.05, 4.69) is 34.5 Å². The van der Waals surface area contributed by atoms with Crippen LogP contribution in [0.4, 0.5) is 0 Å². The van der Waals surface area contributed by atoms with Gasteiger partial charge in [-0.05, 0) is 49.6 Å². The van der Waals surface area contributed by atoms with Crippen LogP contribution in [0.25, 0.3) is 0 Å². The minimum atomic E-state index is -0.209. The van der Waals surface area contributed by atoms with Crippen molar-refractivity contribution in [2.75, 3.05) is 26.2 Å². The number of hydrogen-bond acceptors (Lipinski definition) is 2. The van der Waals surface area contributed by atoms with E-state index in [-0.39, 0.29) is 5.41 Å². The predicted molar refractivity (Wildman–Crippen MR) is 87.7 cm³/mol. The van der Waals surface area contributed by atoms with E-state index in [1.54, 1.807) is 0 Å². The molecule has 3 aliphatic rings. The molecule has 2 saturated heterocycles. The molecule has 1 aromatic carbocycles. The summed E-state index contributed by atoms with van der Waals surface area (Å²) in [5.74, 6) is 0.394. The summed E-state index contributed by atoms with van der Waals surface area (Å²) in [6, 6.07) is 10.5. The van der Waals surface area contributed by atoms with E-state index in [0.29, 0.717) is 11.3 Å². The van der Waals surface area contributed by atoms with Crippen molar-refractivity contribution in [1.29, 1.82) is 0 Å². The molecular formula is C19H26N2O. The third-order valence-electron chi connectivity index (χ3n) is 6.39. The molecule has 1 aromatic rings. The van der Waals surface area contributed by atoms with E-state index in [9.17, 15) is 4.79 Å². The summed E-state index contributed by atoms with van der Waals surface area (Å²) >= 11 is 0. The van der Waals surface area contributed by atoms with Crippen LogP contribution in [0, 0.1) is 5.41 Å². The molecule has 2 aliphatic heterocycles. The predicted octanol–water partition coefficient (Wildman–Crippen LogP) is 2.71. The number of piperidine rings is 1. The lowest BCUT2D eigenvalue weighted by atomic mass is 9.63. The number of likely N-dealkylation sites (tertiary alicyclic amines) is 1. The Hall–Kier alpha value is -1.35. The van der Waals surface area contributed by atoms with Crippen LogP contribution in [-0.2, 0) is 10.2 Å². The molecule has 0 bridgehead atoms. The van der Waals surface area contributed by atoms with Crippen molar-refractivity contribution >= 4 is 5.91 Å². The largest absolute Gasteiger partial charge is 0.342 e. The average molecular weight is 298 g/mol. The Bertz CT molecular complexity index is 534. The highest BCUT2D eigenvalue weighted by molar-refractivity contribution is 5.89. The molecule has 0 atom stereocenters. The van der Waals surface area contributed by atoms with E-state index in [4.69, 9.17) is 0 Å². The summed E-state index contributed by atoms with van der Waals surface area (Å²) in [6.45, 7) is 4.21. The number of nitrogens with one attached hydrogen (secondary N) is 1. The molecule has 1 N–H and O–H groups in total. The molecule has 0 unspecified atom stereocenters. The van der Waals surface area contributed by atoms with Gasteiger partial charge in [0.15, 0.2) is 0 Å². The van der Waals surface area contributed by atoms with Crippen molar-refractivity contribution in [2.45, 2.75) is 43.9 Å². The molecule has 1 spiro atoms. The van der Waals surface area contributed by atoms with E-state index in [1.807, 2.05) is 6.07 Å². The van der Waals surface area contributed by atoms with Crippen molar-refractivity contribution in [1.82, 2.24) is 10.2 Å². The van der Waals surface area contributed by atoms with Gasteiger partial charge in [-0.1, -0.05) is 36.8 Å². The van der Waals surface area contributed by atoms with Crippen LogP contribution >= 0.6 is 0 Å². The highest BCUT2D eigenvalue weighted by Crippen LogP contribution is 2.46. The van der Waals surface area contributed by atoms with Crippen LogP contribution < -0.4 is 5.32 Å². The lowest BCUT2D eigenvalue weighted by molar-refractivity contribution is -0.143. The summed E-state index contributed by atoms with van der Waals surface area (Å²) < 4.78 is 0. The third kappa shape index (κ3) is 2.18. The highest BCUT2D eigenvalue weighted by atomic mass is 16.2. The molecule has 22 heavy (non-hydrogen) atoms. The first-order valence-corrected chi connectivity index (χ1v) is 8.80. The van der Waals surface area contributed by atoms with E-state index >= 15 is 0 Å². The topological polar surface area (TPSA) is 32.3 Å². The summed E-state index contributed by atoms with van der Waals surface area (Å²) in [5, 5.41) is 3.50. The first-order chi connectivity index (χ1) is 10.7. The van der Waals surface area contributed by atoms with E-state index in [1.165, 1.54) is 31.2 Å². The van der Waals surface area contributed by atoms with Crippen LogP contribution in [0.3, 0.4) is 0 Å². The van der Waals surface area contributed by atoms with Gasteiger partial charge in [0.05, 0.1) is 5.41 Å². The number of nitrogens with zero attached hydrogens (tertiary/aromatic N) is 1. The van der Waals surface area contributed by atoms with Gasteiger partial charge in [0.2, 0.25) is 5.91 Å². The number of carbonyl (C=O) groups is 1. The molecule has 0 radical (unpaired) electrons. The Balaban J connectivity index is 1.50. The standard InChI is InChI=1S/C19H26N2O/c22-17(19(7-4-8-19)16-5-2-1-3-6-16)21-13-10-18(11-14-21)9-12-20-15-18/h1-3,5-6,20H,4,7-15H2. The fourth-order valence-corrected chi connectivity index (χ4v) is 4.62. The lowest BCUT2D eigenvalue weighted by Gasteiger charge is -2.47. The van der Waals surface area contributed by atoms with Gasteiger partial charge >= 0.3 is 0 Å². The Kier molecular flexibility index (Phi) is 3.48. The van der Waals surface area contributed by atoms with Gasteiger partial charge in [0.1, 0.15) is 0 Å². The van der Waals surface area contributed by atoms with Gasteiger partial charge in [0, 0.05) is 19.6 Å². The van der Waals surface area contributed by atoms with Crippen LogP contribution in [0.1, 0.15) is 44.1 Å². The molecule has 1 saturated carbocycles. The van der Waals surface area contributed by atoms with Crippen molar-refractivity contribution < 1.29 is 4.79 Å². The molecule has 0 aromatic heterocycles. The first kappa shape index (κ1) is 14.3. The quantitative estimate of drug-likeness (QED) is 0.910. The number of rotatable bonds is 2. The SMILES string of the molecule is O=C(N1CCC2(CCNC2)CC1)C1(c2ccccc2)CCC1. The smallest absolute Gasteiger partial charge is 0.233 e. The Morgan fingerprint density at radius 2 is 1.73 bits per heavy atom. The average Bonchev–Trinajstić information content (AvgIpc) is 2.96. The fourth-order valence-electron chi connectivity index (χ4n) is 4.62. The van der Waals surface area contributed by atoms with E-state index < -0.39 is 0 Å². The van der Waals surface area contributed by atoms with Crippen LogP contribution in [0.15, 0.2) is 30.3 Å². The Morgan fingerprint density at radius 3 is 2.27 bits per heavy atom. The minimum Gasteiger partial charge on any atom is -0.342 e. The number of carbonyl (C=O) groups excluding carboxylic acids is 1. The molecular weight excluding hydrogens is 272 g/mol. The lowest BCUT2D eigenvalue weighted by Crippen LogP contribution is -2.54. The monoisotopic (exact) mass is 298 g/mol. The molecule has 4 rings (SSSR count). The van der Waals surface area contributed by atoms with Crippen LogP contribution in [0.2, 0.25) is 0 Å². The minimum absolute atomic E-state index is 0.209. The molecule has 2 heterocycles. The van der Waals surface area contributed by atoms with Gasteiger partial charge in [-0.2, -0.15) is 0 Å². The zero-order chi connectivity index (χ0) is 15.0. The number of hydrogen-bond donors (Lipinski definition) is 1. The van der Waals surface area contributed by atoms with Gasteiger partial charge in [0.25, 0.3) is 0 Å². The molecule has 3 nitrogen and oxygen atoms in total. The highest BCUT2D eigenvalue weighted by Gasteiger charge is 2.49. The second-order valence-electron chi connectivity index (χ2n) is 7.52. The van der Waals surface area contributed by atoms with Crippen LogP contribution in [0.5, 0.6) is 0 Å². The Labute approximate surface area is 133 Å². The second-order valence-corrected chi connectivity index (χ2v) is 7.52. The normalized spacial score (nSPS) is 25.9. The molecule has 1 aliphatic carbocycles. The second kappa shape index (κ2) is 5.38. The summed E-state index contributed by atoms with van der Waals surface area (Å²) in [4.78, 5) is 15.4. The zero-order valence-electron chi connectivity index (χ0n) is 13.3. The van der Waals surface area contributed by atoms with Crippen molar-refractivity contribution in [3.05, 3.63) is 35.9 Å². The molecule has 1 amide bonds. The maximum absolute atomic E-state index is 13.2.